The molecule has 1 heterocycles. The van der Waals surface area contributed by atoms with Crippen LogP contribution in [0.3, 0.4) is 0 Å². The monoisotopic (exact) mass is 225 g/mol. The maximum atomic E-state index is 12.3. The molecule has 14 heavy (non-hydrogen) atoms. The van der Waals surface area contributed by atoms with Crippen molar-refractivity contribution in [3.8, 4) is 0 Å². The average molecular weight is 225 g/mol. The Kier molecular flexibility index (Phi) is 2.64. The van der Waals surface area contributed by atoms with Crippen LogP contribution >= 0.6 is 11.3 Å². The van der Waals surface area contributed by atoms with Gasteiger partial charge in [-0.3, -0.25) is 4.79 Å². The first kappa shape index (κ1) is 11.1. The number of halogens is 3. The lowest BCUT2D eigenvalue weighted by Crippen LogP contribution is -2.39. The zero-order chi connectivity index (χ0) is 11.0. The maximum absolute atomic E-state index is 12.3. The fourth-order valence-electron chi connectivity index (χ4n) is 0.685. The Bertz CT molecular complexity index is 345. The van der Waals surface area contributed by atoms with Crippen molar-refractivity contribution in [2.75, 3.05) is 0 Å². The van der Waals surface area contributed by atoms with E-state index in [1.807, 2.05) is 0 Å². The first-order valence-electron chi connectivity index (χ1n) is 3.49. The van der Waals surface area contributed by atoms with E-state index in [0.29, 0.717) is 24.5 Å². The molecular formula is C7H6F3NO2S. The molecule has 1 N–H and O–H groups in total. The van der Waals surface area contributed by atoms with Gasteiger partial charge in [-0.1, -0.05) is 0 Å². The smallest absolute Gasteiger partial charge is 0.375 e. The van der Waals surface area contributed by atoms with E-state index in [4.69, 9.17) is 5.11 Å². The number of aromatic nitrogens is 1. The van der Waals surface area contributed by atoms with Gasteiger partial charge in [0, 0.05) is 5.38 Å². The molecule has 78 valence electrons. The van der Waals surface area contributed by atoms with Gasteiger partial charge in [0.1, 0.15) is 10.7 Å². The van der Waals surface area contributed by atoms with Crippen molar-refractivity contribution < 1.29 is 23.1 Å². The number of hydrogen-bond donors (Lipinski definition) is 1. The van der Waals surface area contributed by atoms with Crippen LogP contribution in [-0.2, 0) is 5.60 Å². The number of rotatable bonds is 2. The van der Waals surface area contributed by atoms with Gasteiger partial charge in [-0.25, -0.2) is 4.98 Å². The molecule has 1 aromatic rings. The lowest BCUT2D eigenvalue weighted by atomic mass is 10.1. The minimum Gasteiger partial charge on any atom is -0.375 e. The highest BCUT2D eigenvalue weighted by Crippen LogP contribution is 2.39. The van der Waals surface area contributed by atoms with E-state index in [-0.39, 0.29) is 5.69 Å². The van der Waals surface area contributed by atoms with Gasteiger partial charge in [0.05, 0.1) is 0 Å². The number of alkyl halides is 3. The van der Waals surface area contributed by atoms with Gasteiger partial charge in [0.2, 0.25) is 5.60 Å². The number of hydrogen-bond acceptors (Lipinski definition) is 4. The Morgan fingerprint density at radius 3 is 2.50 bits per heavy atom. The van der Waals surface area contributed by atoms with Crippen molar-refractivity contribution >= 4 is 17.6 Å². The standard InChI is InChI=1S/C7H6F3NO2S/c1-6(13,7(8,9)10)5-11-4(2-12)3-14-5/h2-3,13H,1H3. The summed E-state index contributed by atoms with van der Waals surface area (Å²) in [6, 6.07) is 0. The van der Waals surface area contributed by atoms with Gasteiger partial charge in [-0.15, -0.1) is 11.3 Å². The number of aldehydes is 1. The van der Waals surface area contributed by atoms with Crippen molar-refractivity contribution in [3.05, 3.63) is 16.1 Å². The van der Waals surface area contributed by atoms with Crippen LogP contribution in [-0.4, -0.2) is 22.6 Å². The molecule has 0 aliphatic heterocycles. The van der Waals surface area contributed by atoms with Crippen molar-refractivity contribution in [2.45, 2.75) is 18.7 Å². The third-order valence-electron chi connectivity index (χ3n) is 1.61. The summed E-state index contributed by atoms with van der Waals surface area (Å²) in [5.74, 6) is 0. The second-order valence-corrected chi connectivity index (χ2v) is 3.62. The van der Waals surface area contributed by atoms with Crippen LogP contribution in [0.1, 0.15) is 22.4 Å². The number of aliphatic hydroxyl groups is 1. The molecular weight excluding hydrogens is 219 g/mol. The predicted molar refractivity (Wildman–Crippen MR) is 43.1 cm³/mol. The zero-order valence-electron chi connectivity index (χ0n) is 7.00. The molecule has 0 amide bonds. The van der Waals surface area contributed by atoms with Crippen LogP contribution in [0.2, 0.25) is 0 Å². The van der Waals surface area contributed by atoms with Gasteiger partial charge >= 0.3 is 6.18 Å². The molecule has 0 bridgehead atoms. The topological polar surface area (TPSA) is 50.2 Å². The lowest BCUT2D eigenvalue weighted by molar-refractivity contribution is -0.258. The normalized spacial score (nSPS) is 16.4. The number of thiazole rings is 1. The van der Waals surface area contributed by atoms with Gasteiger partial charge in [-0.2, -0.15) is 13.2 Å². The summed E-state index contributed by atoms with van der Waals surface area (Å²) in [6.07, 6.45) is -4.47. The van der Waals surface area contributed by atoms with E-state index >= 15 is 0 Å². The molecule has 7 heteroatoms. The second kappa shape index (κ2) is 3.32. The van der Waals surface area contributed by atoms with Gasteiger partial charge in [0.15, 0.2) is 6.29 Å². The molecule has 3 nitrogen and oxygen atoms in total. The van der Waals surface area contributed by atoms with E-state index in [1.165, 1.54) is 0 Å². The SMILES string of the molecule is CC(O)(c1nc(C=O)cs1)C(F)(F)F. The fraction of sp³-hybridized carbons (Fsp3) is 0.429. The summed E-state index contributed by atoms with van der Waals surface area (Å²) < 4.78 is 36.8. The van der Waals surface area contributed by atoms with Crippen molar-refractivity contribution in [1.82, 2.24) is 4.98 Å². The number of carbonyl (C=O) groups excluding carboxylic acids is 1. The molecule has 0 aromatic carbocycles. The third-order valence-corrected chi connectivity index (χ3v) is 2.68. The van der Waals surface area contributed by atoms with E-state index in [9.17, 15) is 18.0 Å². The van der Waals surface area contributed by atoms with Crippen molar-refractivity contribution in [3.63, 3.8) is 0 Å². The average Bonchev–Trinajstić information content (AvgIpc) is 2.49. The molecule has 1 unspecified atom stereocenters. The van der Waals surface area contributed by atoms with Gasteiger partial charge < -0.3 is 5.11 Å². The maximum Gasteiger partial charge on any atom is 0.423 e. The highest BCUT2D eigenvalue weighted by molar-refractivity contribution is 7.10. The first-order chi connectivity index (χ1) is 6.29. The quantitative estimate of drug-likeness (QED) is 0.780. The molecule has 0 saturated heterocycles. The van der Waals surface area contributed by atoms with Crippen molar-refractivity contribution in [1.29, 1.82) is 0 Å². The largest absolute Gasteiger partial charge is 0.423 e. The Labute approximate surface area is 81.2 Å². The Morgan fingerprint density at radius 2 is 2.14 bits per heavy atom. The van der Waals surface area contributed by atoms with Crippen LogP contribution in [0, 0.1) is 0 Å². The molecule has 0 fully saturated rings. The molecule has 0 spiro atoms. The lowest BCUT2D eigenvalue weighted by Gasteiger charge is -2.23. The first-order valence-corrected chi connectivity index (χ1v) is 4.37. The Morgan fingerprint density at radius 1 is 1.57 bits per heavy atom. The Balaban J connectivity index is 3.09. The molecule has 1 atom stereocenters. The summed E-state index contributed by atoms with van der Waals surface area (Å²) >= 11 is 0.596. The van der Waals surface area contributed by atoms with E-state index in [1.54, 1.807) is 0 Å². The van der Waals surface area contributed by atoms with Crippen molar-refractivity contribution in [2.24, 2.45) is 0 Å². The van der Waals surface area contributed by atoms with Gasteiger partial charge in [-0.05, 0) is 6.92 Å². The molecule has 0 saturated carbocycles. The summed E-state index contributed by atoms with van der Waals surface area (Å²) in [4.78, 5) is 13.5. The summed E-state index contributed by atoms with van der Waals surface area (Å²) in [7, 11) is 0. The van der Waals surface area contributed by atoms with E-state index < -0.39 is 16.8 Å². The van der Waals surface area contributed by atoms with Crippen LogP contribution in [0.25, 0.3) is 0 Å². The zero-order valence-corrected chi connectivity index (χ0v) is 7.82. The molecule has 0 aliphatic rings. The predicted octanol–water partition coefficient (Wildman–Crippen LogP) is 1.73. The van der Waals surface area contributed by atoms with Crippen LogP contribution < -0.4 is 0 Å². The van der Waals surface area contributed by atoms with Crippen LogP contribution in [0.5, 0.6) is 0 Å². The van der Waals surface area contributed by atoms with Crippen LogP contribution in [0.4, 0.5) is 13.2 Å². The third kappa shape index (κ3) is 1.78. The number of carbonyl (C=O) groups is 1. The minimum atomic E-state index is -4.80. The molecule has 0 aliphatic carbocycles. The number of nitrogens with zero attached hydrogens (tertiary/aromatic N) is 1. The summed E-state index contributed by atoms with van der Waals surface area (Å²) in [5, 5.41) is 9.76. The fourth-order valence-corrected chi connectivity index (χ4v) is 1.53. The Hall–Kier alpha value is -0.950. The van der Waals surface area contributed by atoms with E-state index in [0.717, 1.165) is 5.38 Å². The molecule has 1 aromatic heterocycles. The summed E-state index contributed by atoms with van der Waals surface area (Å²) in [6.45, 7) is 0.598. The molecule has 0 radical (unpaired) electrons. The highest BCUT2D eigenvalue weighted by atomic mass is 32.1. The minimum absolute atomic E-state index is 0.116. The van der Waals surface area contributed by atoms with Crippen LogP contribution in [0.15, 0.2) is 5.38 Å². The summed E-state index contributed by atoms with van der Waals surface area (Å²) in [5.41, 5.74) is -3.12. The van der Waals surface area contributed by atoms with E-state index in [2.05, 4.69) is 4.98 Å². The molecule has 1 rings (SSSR count). The second-order valence-electron chi connectivity index (χ2n) is 2.77. The van der Waals surface area contributed by atoms with Gasteiger partial charge in [0.25, 0.3) is 0 Å². The highest BCUT2D eigenvalue weighted by Gasteiger charge is 2.53.